The number of nitrogens with two attached hydrogens (primary N) is 2. The average molecular weight is 233 g/mol. The van der Waals surface area contributed by atoms with E-state index in [-0.39, 0.29) is 17.9 Å². The second-order valence-corrected chi connectivity index (χ2v) is 3.12. The number of benzene rings is 1. The van der Waals surface area contributed by atoms with E-state index in [4.69, 9.17) is 11.5 Å². The summed E-state index contributed by atoms with van der Waals surface area (Å²) in [5.74, 6) is -0.662. The van der Waals surface area contributed by atoms with Gasteiger partial charge >= 0.3 is 6.18 Å². The van der Waals surface area contributed by atoms with Gasteiger partial charge in [0.1, 0.15) is 0 Å². The van der Waals surface area contributed by atoms with Crippen LogP contribution in [0.2, 0.25) is 0 Å². The molecule has 0 fully saturated rings. The number of primary amides is 1. The third kappa shape index (κ3) is 3.04. The molecular weight excluding hydrogens is 223 g/mol. The number of carbonyl (C=O) groups is 1. The first-order valence-corrected chi connectivity index (χ1v) is 4.29. The zero-order chi connectivity index (χ0) is 12.3. The fraction of sp³-hybridized carbons (Fsp3) is 0.222. The fourth-order valence-corrected chi connectivity index (χ4v) is 1.10. The van der Waals surface area contributed by atoms with Crippen molar-refractivity contribution < 1.29 is 18.0 Å². The summed E-state index contributed by atoms with van der Waals surface area (Å²) in [6.45, 7) is -0.235. The Bertz CT molecular complexity index is 403. The van der Waals surface area contributed by atoms with Gasteiger partial charge in [0.05, 0.1) is 12.1 Å². The Morgan fingerprint density at radius 3 is 2.50 bits per heavy atom. The summed E-state index contributed by atoms with van der Waals surface area (Å²) >= 11 is 0. The molecule has 0 atom stereocenters. The molecule has 1 aromatic rings. The number of hydrogen-bond acceptors (Lipinski definition) is 3. The van der Waals surface area contributed by atoms with Gasteiger partial charge in [-0.3, -0.25) is 4.79 Å². The molecule has 0 heterocycles. The summed E-state index contributed by atoms with van der Waals surface area (Å²) < 4.78 is 37.3. The molecule has 4 nitrogen and oxygen atoms in total. The molecule has 0 saturated carbocycles. The van der Waals surface area contributed by atoms with Gasteiger partial charge in [0, 0.05) is 11.4 Å². The molecule has 0 aromatic heterocycles. The van der Waals surface area contributed by atoms with Gasteiger partial charge in [-0.2, -0.15) is 13.2 Å². The Morgan fingerprint density at radius 2 is 2.00 bits per heavy atom. The monoisotopic (exact) mass is 233 g/mol. The standard InChI is InChI=1S/C9H10F3N3O/c10-9(11,12)6-3-5(1-2-7(6)13)15-4-8(14)16/h1-3,15H,4,13H2,(H2,14,16). The molecule has 0 aliphatic carbocycles. The lowest BCUT2D eigenvalue weighted by atomic mass is 10.1. The normalized spacial score (nSPS) is 11.2. The minimum atomic E-state index is -4.52. The molecule has 0 spiro atoms. The van der Waals surface area contributed by atoms with Gasteiger partial charge in [-0.25, -0.2) is 0 Å². The van der Waals surface area contributed by atoms with Gasteiger partial charge in [-0.15, -0.1) is 0 Å². The number of alkyl halides is 3. The summed E-state index contributed by atoms with van der Waals surface area (Å²) in [7, 11) is 0. The molecule has 0 unspecified atom stereocenters. The summed E-state index contributed by atoms with van der Waals surface area (Å²) in [5.41, 5.74) is 8.87. The smallest absolute Gasteiger partial charge is 0.398 e. The van der Waals surface area contributed by atoms with E-state index in [1.165, 1.54) is 6.07 Å². The van der Waals surface area contributed by atoms with Crippen molar-refractivity contribution in [3.63, 3.8) is 0 Å². The molecule has 0 aliphatic heterocycles. The molecule has 5 N–H and O–H groups in total. The van der Waals surface area contributed by atoms with E-state index in [2.05, 4.69) is 5.32 Å². The van der Waals surface area contributed by atoms with Crippen LogP contribution in [0.5, 0.6) is 0 Å². The van der Waals surface area contributed by atoms with Crippen molar-refractivity contribution in [3.8, 4) is 0 Å². The van der Waals surface area contributed by atoms with Gasteiger partial charge in [0.15, 0.2) is 0 Å². The van der Waals surface area contributed by atoms with E-state index in [1.54, 1.807) is 0 Å². The van der Waals surface area contributed by atoms with Crippen LogP contribution in [0.25, 0.3) is 0 Å². The Hall–Kier alpha value is -1.92. The topological polar surface area (TPSA) is 81.1 Å². The van der Waals surface area contributed by atoms with E-state index in [0.29, 0.717) is 0 Å². The van der Waals surface area contributed by atoms with Gasteiger partial charge < -0.3 is 16.8 Å². The molecule has 16 heavy (non-hydrogen) atoms. The Balaban J connectivity index is 2.94. The molecule has 1 rings (SSSR count). The number of nitrogen functional groups attached to an aromatic ring is 1. The zero-order valence-electron chi connectivity index (χ0n) is 8.14. The van der Waals surface area contributed by atoms with Crippen molar-refractivity contribution in [2.45, 2.75) is 6.18 Å². The molecule has 1 amide bonds. The lowest BCUT2D eigenvalue weighted by Crippen LogP contribution is -2.22. The van der Waals surface area contributed by atoms with Crippen LogP contribution in [0.4, 0.5) is 24.5 Å². The van der Waals surface area contributed by atoms with Crippen molar-refractivity contribution >= 4 is 17.3 Å². The Kier molecular flexibility index (Phi) is 3.26. The van der Waals surface area contributed by atoms with Crippen LogP contribution in [-0.4, -0.2) is 12.5 Å². The third-order valence-electron chi connectivity index (χ3n) is 1.83. The summed E-state index contributed by atoms with van der Waals surface area (Å²) in [4.78, 5) is 10.4. The molecule has 88 valence electrons. The number of amides is 1. The van der Waals surface area contributed by atoms with Gasteiger partial charge in [0.2, 0.25) is 5.91 Å². The SMILES string of the molecule is NC(=O)CNc1ccc(N)c(C(F)(F)F)c1. The summed E-state index contributed by atoms with van der Waals surface area (Å²) in [5, 5.41) is 2.45. The number of rotatable bonds is 3. The maximum atomic E-state index is 12.4. The maximum Gasteiger partial charge on any atom is 0.418 e. The maximum absolute atomic E-state index is 12.4. The van der Waals surface area contributed by atoms with E-state index in [9.17, 15) is 18.0 Å². The number of nitrogens with one attached hydrogen (secondary N) is 1. The van der Waals surface area contributed by atoms with Crippen LogP contribution in [0, 0.1) is 0 Å². The number of anilines is 2. The van der Waals surface area contributed by atoms with Crippen LogP contribution in [0.3, 0.4) is 0 Å². The molecule has 0 saturated heterocycles. The molecule has 1 aromatic carbocycles. The number of halogens is 3. The van der Waals surface area contributed by atoms with E-state index >= 15 is 0 Å². The fourth-order valence-electron chi connectivity index (χ4n) is 1.10. The van der Waals surface area contributed by atoms with Crippen molar-refractivity contribution in [1.29, 1.82) is 0 Å². The van der Waals surface area contributed by atoms with Crippen molar-refractivity contribution in [2.75, 3.05) is 17.6 Å². The highest BCUT2D eigenvalue weighted by Crippen LogP contribution is 2.34. The highest BCUT2D eigenvalue weighted by atomic mass is 19.4. The van der Waals surface area contributed by atoms with Crippen LogP contribution in [-0.2, 0) is 11.0 Å². The minimum absolute atomic E-state index is 0.139. The number of carbonyl (C=O) groups excluding carboxylic acids is 1. The second kappa shape index (κ2) is 4.30. The summed E-state index contributed by atoms with van der Waals surface area (Å²) in [6.07, 6.45) is -4.52. The van der Waals surface area contributed by atoms with Crippen LogP contribution >= 0.6 is 0 Å². The van der Waals surface area contributed by atoms with Crippen LogP contribution in [0.1, 0.15) is 5.56 Å². The predicted molar refractivity (Wildman–Crippen MR) is 53.5 cm³/mol. The van der Waals surface area contributed by atoms with E-state index < -0.39 is 17.6 Å². The van der Waals surface area contributed by atoms with Crippen molar-refractivity contribution in [2.24, 2.45) is 5.73 Å². The lowest BCUT2D eigenvalue weighted by molar-refractivity contribution is -0.136. The van der Waals surface area contributed by atoms with Gasteiger partial charge in [-0.05, 0) is 18.2 Å². The second-order valence-electron chi connectivity index (χ2n) is 3.12. The van der Waals surface area contributed by atoms with Crippen molar-refractivity contribution in [1.82, 2.24) is 0 Å². The van der Waals surface area contributed by atoms with E-state index in [0.717, 1.165) is 12.1 Å². The largest absolute Gasteiger partial charge is 0.418 e. The minimum Gasteiger partial charge on any atom is -0.398 e. The zero-order valence-corrected chi connectivity index (χ0v) is 8.14. The average Bonchev–Trinajstić information content (AvgIpc) is 2.14. The highest BCUT2D eigenvalue weighted by molar-refractivity contribution is 5.79. The number of hydrogen-bond donors (Lipinski definition) is 3. The molecule has 0 aliphatic rings. The first-order chi connectivity index (χ1) is 7.30. The molecule has 0 bridgehead atoms. The third-order valence-corrected chi connectivity index (χ3v) is 1.83. The van der Waals surface area contributed by atoms with Crippen LogP contribution < -0.4 is 16.8 Å². The predicted octanol–water partition coefficient (Wildman–Crippen LogP) is 1.18. The Morgan fingerprint density at radius 1 is 1.38 bits per heavy atom. The Labute approximate surface area is 89.4 Å². The first kappa shape index (κ1) is 12.2. The van der Waals surface area contributed by atoms with Gasteiger partial charge in [-0.1, -0.05) is 0 Å². The quantitative estimate of drug-likeness (QED) is 0.686. The van der Waals surface area contributed by atoms with E-state index in [1.807, 2.05) is 0 Å². The lowest BCUT2D eigenvalue weighted by Gasteiger charge is -2.12. The molecule has 7 heteroatoms. The van der Waals surface area contributed by atoms with Crippen molar-refractivity contribution in [3.05, 3.63) is 23.8 Å². The molecule has 0 radical (unpaired) electrons. The molecular formula is C9H10F3N3O. The van der Waals surface area contributed by atoms with Gasteiger partial charge in [0.25, 0.3) is 0 Å². The first-order valence-electron chi connectivity index (χ1n) is 4.29. The highest BCUT2D eigenvalue weighted by Gasteiger charge is 2.33. The van der Waals surface area contributed by atoms with Crippen LogP contribution in [0.15, 0.2) is 18.2 Å². The summed E-state index contributed by atoms with van der Waals surface area (Å²) in [6, 6.07) is 3.29.